The van der Waals surface area contributed by atoms with Crippen molar-refractivity contribution in [3.8, 4) is 0 Å². The molecule has 1 saturated heterocycles. The Labute approximate surface area is 154 Å². The van der Waals surface area contributed by atoms with Gasteiger partial charge < -0.3 is 4.90 Å². The topological polar surface area (TPSA) is 57.7 Å². The highest BCUT2D eigenvalue weighted by atomic mass is 35.5. The van der Waals surface area contributed by atoms with Crippen molar-refractivity contribution in [1.29, 1.82) is 0 Å². The molecule has 1 fully saturated rings. The molecule has 5 nitrogen and oxygen atoms in total. The van der Waals surface area contributed by atoms with Gasteiger partial charge in [-0.25, -0.2) is 4.90 Å². The van der Waals surface area contributed by atoms with Crippen molar-refractivity contribution < 1.29 is 14.4 Å². The van der Waals surface area contributed by atoms with Crippen molar-refractivity contribution in [3.05, 3.63) is 64.3 Å². The van der Waals surface area contributed by atoms with Gasteiger partial charge in [-0.15, -0.1) is 17.9 Å². The minimum absolute atomic E-state index is 0.0492. The zero-order valence-corrected chi connectivity index (χ0v) is 14.8. The van der Waals surface area contributed by atoms with Crippen molar-refractivity contribution in [2.24, 2.45) is 0 Å². The van der Waals surface area contributed by atoms with E-state index in [9.17, 15) is 14.4 Å². The molecule has 0 radical (unpaired) electrons. The van der Waals surface area contributed by atoms with Crippen LogP contribution in [0.2, 0.25) is 5.02 Å². The fourth-order valence-electron chi connectivity index (χ4n) is 2.75. The number of carbonyl (C=O) groups is 3. The minimum atomic E-state index is -0.837. The lowest BCUT2D eigenvalue weighted by Crippen LogP contribution is -2.45. The summed E-state index contributed by atoms with van der Waals surface area (Å²) in [6.45, 7) is 3.84. The molecule has 1 atom stereocenters. The van der Waals surface area contributed by atoms with E-state index in [0.29, 0.717) is 15.6 Å². The third-order valence-corrected chi connectivity index (χ3v) is 5.01. The Bertz CT molecular complexity index is 817. The molecule has 7 heteroatoms. The lowest BCUT2D eigenvalue weighted by molar-refractivity contribution is -0.122. The van der Waals surface area contributed by atoms with Gasteiger partial charge in [0.15, 0.2) is 0 Å². The quantitative estimate of drug-likeness (QED) is 0.595. The van der Waals surface area contributed by atoms with E-state index in [1.807, 2.05) is 0 Å². The zero-order chi connectivity index (χ0) is 18.0. The third-order valence-electron chi connectivity index (χ3n) is 3.90. The second-order valence-electron chi connectivity index (χ2n) is 5.49. The first-order valence-corrected chi connectivity index (χ1v) is 8.86. The van der Waals surface area contributed by atoms with Gasteiger partial charge in [-0.3, -0.25) is 14.4 Å². The highest BCUT2D eigenvalue weighted by Gasteiger charge is 2.44. The van der Waals surface area contributed by atoms with E-state index >= 15 is 0 Å². The molecule has 1 aromatic heterocycles. The van der Waals surface area contributed by atoms with Gasteiger partial charge in [-0.2, -0.15) is 0 Å². The Morgan fingerprint density at radius 3 is 2.64 bits per heavy atom. The standard InChI is InChI=1S/C18H15ClN2O3S/c1-2-9-20(18(24)15-4-3-10-25-15)14-11-16(22)21(17(14)23)13-7-5-12(19)6-8-13/h2-8,10,14H,1,9,11H2. The Kier molecular flexibility index (Phi) is 5.01. The van der Waals surface area contributed by atoms with E-state index in [2.05, 4.69) is 6.58 Å². The van der Waals surface area contributed by atoms with Crippen LogP contribution in [0.25, 0.3) is 0 Å². The van der Waals surface area contributed by atoms with Crippen LogP contribution in [0.1, 0.15) is 16.1 Å². The summed E-state index contributed by atoms with van der Waals surface area (Å²) in [5.74, 6) is -1.04. The van der Waals surface area contributed by atoms with Gasteiger partial charge in [0.2, 0.25) is 5.91 Å². The van der Waals surface area contributed by atoms with Crippen LogP contribution in [-0.4, -0.2) is 35.2 Å². The van der Waals surface area contributed by atoms with Gasteiger partial charge in [0.25, 0.3) is 11.8 Å². The zero-order valence-electron chi connectivity index (χ0n) is 13.2. The summed E-state index contributed by atoms with van der Waals surface area (Å²) in [6, 6.07) is 9.08. The summed E-state index contributed by atoms with van der Waals surface area (Å²) in [5.41, 5.74) is 0.448. The fourth-order valence-corrected chi connectivity index (χ4v) is 3.56. The number of imide groups is 1. The first-order valence-electron chi connectivity index (χ1n) is 7.60. The van der Waals surface area contributed by atoms with E-state index in [-0.39, 0.29) is 24.8 Å². The summed E-state index contributed by atoms with van der Waals surface area (Å²) < 4.78 is 0. The van der Waals surface area contributed by atoms with E-state index in [1.165, 1.54) is 16.2 Å². The van der Waals surface area contributed by atoms with Crippen LogP contribution < -0.4 is 4.90 Å². The molecule has 1 aliphatic heterocycles. The van der Waals surface area contributed by atoms with Gasteiger partial charge >= 0.3 is 0 Å². The molecule has 1 unspecified atom stereocenters. The summed E-state index contributed by atoms with van der Waals surface area (Å²) in [6.07, 6.45) is 1.50. The van der Waals surface area contributed by atoms with Crippen molar-refractivity contribution in [2.75, 3.05) is 11.4 Å². The third kappa shape index (κ3) is 3.36. The van der Waals surface area contributed by atoms with Gasteiger partial charge in [0.1, 0.15) is 6.04 Å². The summed E-state index contributed by atoms with van der Waals surface area (Å²) in [7, 11) is 0. The second kappa shape index (κ2) is 7.21. The Morgan fingerprint density at radius 2 is 2.04 bits per heavy atom. The maximum absolute atomic E-state index is 12.8. The number of amides is 3. The Morgan fingerprint density at radius 1 is 1.32 bits per heavy atom. The summed E-state index contributed by atoms with van der Waals surface area (Å²) in [4.78, 5) is 41.0. The van der Waals surface area contributed by atoms with Gasteiger partial charge in [-0.05, 0) is 35.7 Å². The first kappa shape index (κ1) is 17.4. The molecule has 1 aromatic carbocycles. The maximum Gasteiger partial charge on any atom is 0.264 e. The van der Waals surface area contributed by atoms with Gasteiger partial charge in [0, 0.05) is 11.6 Å². The van der Waals surface area contributed by atoms with Gasteiger partial charge in [0.05, 0.1) is 17.0 Å². The molecule has 0 aliphatic carbocycles. The molecular formula is C18H15ClN2O3S. The van der Waals surface area contributed by atoms with Crippen LogP contribution in [0, 0.1) is 0 Å². The normalized spacial score (nSPS) is 17.0. The number of hydrogen-bond acceptors (Lipinski definition) is 4. The molecule has 2 aromatic rings. The predicted octanol–water partition coefficient (Wildman–Crippen LogP) is 3.36. The SMILES string of the molecule is C=CCN(C(=O)c1cccs1)C1CC(=O)N(c2ccc(Cl)cc2)C1=O. The number of thiophene rings is 1. The molecule has 1 aliphatic rings. The van der Waals surface area contributed by atoms with Crippen molar-refractivity contribution >= 4 is 46.3 Å². The average Bonchev–Trinajstić information content (AvgIpc) is 3.22. The predicted molar refractivity (Wildman–Crippen MR) is 97.9 cm³/mol. The lowest BCUT2D eigenvalue weighted by Gasteiger charge is -2.26. The number of nitrogens with zero attached hydrogens (tertiary/aromatic N) is 2. The Hall–Kier alpha value is -2.44. The second-order valence-corrected chi connectivity index (χ2v) is 6.87. The number of benzene rings is 1. The van der Waals surface area contributed by atoms with Crippen LogP contribution >= 0.6 is 22.9 Å². The first-order chi connectivity index (χ1) is 12.0. The molecule has 0 spiro atoms. The van der Waals surface area contributed by atoms with E-state index < -0.39 is 11.9 Å². The average molecular weight is 375 g/mol. The molecule has 0 N–H and O–H groups in total. The molecule has 128 valence electrons. The molecule has 3 rings (SSSR count). The van der Waals surface area contributed by atoms with Crippen molar-refractivity contribution in [1.82, 2.24) is 4.90 Å². The largest absolute Gasteiger partial charge is 0.322 e. The fraction of sp³-hybridized carbons (Fsp3) is 0.167. The minimum Gasteiger partial charge on any atom is -0.322 e. The Balaban J connectivity index is 1.89. The molecular weight excluding hydrogens is 360 g/mol. The summed E-state index contributed by atoms with van der Waals surface area (Å²) >= 11 is 7.15. The smallest absolute Gasteiger partial charge is 0.264 e. The highest BCUT2D eigenvalue weighted by molar-refractivity contribution is 7.12. The molecule has 2 heterocycles. The number of anilines is 1. The van der Waals surface area contributed by atoms with E-state index in [1.54, 1.807) is 47.9 Å². The van der Waals surface area contributed by atoms with Crippen LogP contribution in [0.3, 0.4) is 0 Å². The highest BCUT2D eigenvalue weighted by Crippen LogP contribution is 2.28. The maximum atomic E-state index is 12.8. The summed E-state index contributed by atoms with van der Waals surface area (Å²) in [5, 5.41) is 2.31. The molecule has 25 heavy (non-hydrogen) atoms. The monoisotopic (exact) mass is 374 g/mol. The van der Waals surface area contributed by atoms with Crippen molar-refractivity contribution in [2.45, 2.75) is 12.5 Å². The van der Waals surface area contributed by atoms with E-state index in [4.69, 9.17) is 11.6 Å². The number of hydrogen-bond donors (Lipinski definition) is 0. The van der Waals surface area contributed by atoms with Crippen LogP contribution in [0.15, 0.2) is 54.4 Å². The molecule has 0 bridgehead atoms. The molecule has 0 saturated carbocycles. The number of carbonyl (C=O) groups excluding carboxylic acids is 3. The van der Waals surface area contributed by atoms with Crippen LogP contribution in [-0.2, 0) is 9.59 Å². The molecule has 3 amide bonds. The lowest BCUT2D eigenvalue weighted by atomic mass is 10.2. The van der Waals surface area contributed by atoms with Crippen LogP contribution in [0.4, 0.5) is 5.69 Å². The number of rotatable bonds is 5. The number of halogens is 1. The van der Waals surface area contributed by atoms with Gasteiger partial charge in [-0.1, -0.05) is 23.7 Å². The van der Waals surface area contributed by atoms with Crippen LogP contribution in [0.5, 0.6) is 0 Å². The van der Waals surface area contributed by atoms with E-state index in [0.717, 1.165) is 4.90 Å². The van der Waals surface area contributed by atoms with Crippen molar-refractivity contribution in [3.63, 3.8) is 0 Å².